The zero-order chi connectivity index (χ0) is 14.5. The van der Waals surface area contributed by atoms with Gasteiger partial charge >= 0.3 is 0 Å². The first kappa shape index (κ1) is 14.9. The van der Waals surface area contributed by atoms with Gasteiger partial charge in [0.15, 0.2) is 0 Å². The van der Waals surface area contributed by atoms with Crippen molar-refractivity contribution in [3.05, 3.63) is 64.7 Å². The number of halogens is 1. The standard InChI is InChI=1S/C17H20ClNO/c1-12(11-14-3-7-16(18)8-4-14)19-13(2)15-5-9-17(20)10-6-15/h3-10,12-13,19-20H,11H2,1-2H3. The van der Waals surface area contributed by atoms with Gasteiger partial charge in [0.25, 0.3) is 0 Å². The number of phenolic OH excluding ortho intramolecular Hbond substituents is 1. The molecule has 2 aromatic rings. The predicted molar refractivity (Wildman–Crippen MR) is 84.3 cm³/mol. The van der Waals surface area contributed by atoms with E-state index in [2.05, 4.69) is 31.3 Å². The second-order valence-electron chi connectivity index (χ2n) is 5.21. The lowest BCUT2D eigenvalue weighted by Gasteiger charge is -2.20. The third-order valence-corrected chi connectivity index (χ3v) is 3.63. The zero-order valence-electron chi connectivity index (χ0n) is 11.8. The van der Waals surface area contributed by atoms with E-state index in [1.807, 2.05) is 24.3 Å². The number of aromatic hydroxyl groups is 1. The summed E-state index contributed by atoms with van der Waals surface area (Å²) in [6.45, 7) is 4.30. The number of nitrogens with one attached hydrogen (secondary N) is 1. The SMILES string of the molecule is CC(Cc1ccc(Cl)cc1)NC(C)c1ccc(O)cc1. The number of benzene rings is 2. The first-order chi connectivity index (χ1) is 9.54. The minimum atomic E-state index is 0.248. The van der Waals surface area contributed by atoms with Crippen LogP contribution in [0.2, 0.25) is 5.02 Å². The maximum absolute atomic E-state index is 9.31. The van der Waals surface area contributed by atoms with E-state index in [0.29, 0.717) is 11.8 Å². The summed E-state index contributed by atoms with van der Waals surface area (Å²) in [5, 5.41) is 13.6. The summed E-state index contributed by atoms with van der Waals surface area (Å²) in [4.78, 5) is 0. The molecule has 2 nitrogen and oxygen atoms in total. The third-order valence-electron chi connectivity index (χ3n) is 3.38. The van der Waals surface area contributed by atoms with Crippen molar-refractivity contribution in [2.24, 2.45) is 0 Å². The maximum atomic E-state index is 9.31. The fourth-order valence-corrected chi connectivity index (χ4v) is 2.44. The molecule has 0 radical (unpaired) electrons. The molecule has 0 aromatic heterocycles. The van der Waals surface area contributed by atoms with Gasteiger partial charge in [-0.25, -0.2) is 0 Å². The van der Waals surface area contributed by atoms with E-state index < -0.39 is 0 Å². The molecule has 2 N–H and O–H groups in total. The van der Waals surface area contributed by atoms with Crippen LogP contribution in [0, 0.1) is 0 Å². The van der Waals surface area contributed by atoms with Crippen molar-refractivity contribution in [1.29, 1.82) is 0 Å². The lowest BCUT2D eigenvalue weighted by atomic mass is 10.0. The highest BCUT2D eigenvalue weighted by Crippen LogP contribution is 2.18. The van der Waals surface area contributed by atoms with E-state index in [-0.39, 0.29) is 6.04 Å². The highest BCUT2D eigenvalue weighted by Gasteiger charge is 2.10. The highest BCUT2D eigenvalue weighted by molar-refractivity contribution is 6.30. The van der Waals surface area contributed by atoms with Gasteiger partial charge in [-0.1, -0.05) is 35.9 Å². The van der Waals surface area contributed by atoms with Gasteiger partial charge in [-0.05, 0) is 55.7 Å². The molecule has 3 heteroatoms. The molecule has 0 saturated heterocycles. The van der Waals surface area contributed by atoms with Crippen molar-refractivity contribution >= 4 is 11.6 Å². The van der Waals surface area contributed by atoms with Crippen LogP contribution in [-0.4, -0.2) is 11.1 Å². The molecule has 0 aliphatic heterocycles. The number of rotatable bonds is 5. The van der Waals surface area contributed by atoms with Gasteiger partial charge in [-0.15, -0.1) is 0 Å². The summed E-state index contributed by atoms with van der Waals surface area (Å²) in [5.74, 6) is 0.301. The Hall–Kier alpha value is -1.51. The van der Waals surface area contributed by atoms with E-state index in [1.165, 1.54) is 11.1 Å². The van der Waals surface area contributed by atoms with Crippen LogP contribution >= 0.6 is 11.6 Å². The Balaban J connectivity index is 1.92. The molecular weight excluding hydrogens is 270 g/mol. The molecule has 2 unspecified atom stereocenters. The van der Waals surface area contributed by atoms with Gasteiger partial charge in [-0.3, -0.25) is 0 Å². The second-order valence-corrected chi connectivity index (χ2v) is 5.65. The minimum Gasteiger partial charge on any atom is -0.508 e. The fraction of sp³-hybridized carbons (Fsp3) is 0.294. The quantitative estimate of drug-likeness (QED) is 0.859. The molecule has 0 aliphatic carbocycles. The Morgan fingerprint density at radius 1 is 1.00 bits per heavy atom. The van der Waals surface area contributed by atoms with Crippen molar-refractivity contribution in [3.63, 3.8) is 0 Å². The van der Waals surface area contributed by atoms with Crippen LogP contribution in [0.4, 0.5) is 0 Å². The smallest absolute Gasteiger partial charge is 0.115 e. The van der Waals surface area contributed by atoms with Crippen LogP contribution in [0.1, 0.15) is 31.0 Å². The van der Waals surface area contributed by atoms with Gasteiger partial charge in [0.2, 0.25) is 0 Å². The van der Waals surface area contributed by atoms with Crippen molar-refractivity contribution in [2.75, 3.05) is 0 Å². The molecular formula is C17H20ClNO. The Bertz CT molecular complexity index is 536. The highest BCUT2D eigenvalue weighted by atomic mass is 35.5. The summed E-state index contributed by atoms with van der Waals surface area (Å²) < 4.78 is 0. The molecule has 0 heterocycles. The molecule has 0 amide bonds. The number of phenols is 1. The number of hydrogen-bond acceptors (Lipinski definition) is 2. The van der Waals surface area contributed by atoms with Crippen LogP contribution in [0.3, 0.4) is 0 Å². The Kier molecular flexibility index (Phi) is 5.05. The van der Waals surface area contributed by atoms with E-state index in [4.69, 9.17) is 11.6 Å². The lowest BCUT2D eigenvalue weighted by Crippen LogP contribution is -2.30. The summed E-state index contributed by atoms with van der Waals surface area (Å²) in [7, 11) is 0. The zero-order valence-corrected chi connectivity index (χ0v) is 12.6. The molecule has 106 valence electrons. The first-order valence-electron chi connectivity index (χ1n) is 6.84. The fourth-order valence-electron chi connectivity index (χ4n) is 2.32. The molecule has 0 aliphatic rings. The van der Waals surface area contributed by atoms with Gasteiger partial charge in [0, 0.05) is 17.1 Å². The van der Waals surface area contributed by atoms with E-state index in [1.54, 1.807) is 12.1 Å². The van der Waals surface area contributed by atoms with Crippen LogP contribution in [-0.2, 0) is 6.42 Å². The van der Waals surface area contributed by atoms with Crippen molar-refractivity contribution in [1.82, 2.24) is 5.32 Å². The van der Waals surface area contributed by atoms with Crippen molar-refractivity contribution in [2.45, 2.75) is 32.4 Å². The summed E-state index contributed by atoms with van der Waals surface area (Å²) >= 11 is 5.89. The molecule has 2 aromatic carbocycles. The monoisotopic (exact) mass is 289 g/mol. The van der Waals surface area contributed by atoms with Gasteiger partial charge in [-0.2, -0.15) is 0 Å². The normalized spacial score (nSPS) is 13.9. The Morgan fingerprint density at radius 3 is 2.20 bits per heavy atom. The predicted octanol–water partition coefficient (Wildman–Crippen LogP) is 4.33. The maximum Gasteiger partial charge on any atom is 0.115 e. The third kappa shape index (κ3) is 4.26. The summed E-state index contributed by atoms with van der Waals surface area (Å²) in [6, 6.07) is 15.9. The van der Waals surface area contributed by atoms with Crippen LogP contribution in [0.5, 0.6) is 5.75 Å². The molecule has 2 atom stereocenters. The summed E-state index contributed by atoms with van der Waals surface area (Å²) in [6.07, 6.45) is 0.958. The average molecular weight is 290 g/mol. The minimum absolute atomic E-state index is 0.248. The van der Waals surface area contributed by atoms with E-state index >= 15 is 0 Å². The molecule has 20 heavy (non-hydrogen) atoms. The Labute approximate surface area is 125 Å². The van der Waals surface area contributed by atoms with Crippen LogP contribution in [0.15, 0.2) is 48.5 Å². The Morgan fingerprint density at radius 2 is 1.60 bits per heavy atom. The number of hydrogen-bond donors (Lipinski definition) is 2. The second kappa shape index (κ2) is 6.78. The van der Waals surface area contributed by atoms with Crippen LogP contribution < -0.4 is 5.32 Å². The van der Waals surface area contributed by atoms with Crippen molar-refractivity contribution in [3.8, 4) is 5.75 Å². The van der Waals surface area contributed by atoms with Crippen LogP contribution in [0.25, 0.3) is 0 Å². The van der Waals surface area contributed by atoms with Gasteiger partial charge in [0.1, 0.15) is 5.75 Å². The molecule has 0 bridgehead atoms. The summed E-state index contributed by atoms with van der Waals surface area (Å²) in [5.41, 5.74) is 2.44. The average Bonchev–Trinajstić information content (AvgIpc) is 2.42. The molecule has 0 saturated carbocycles. The van der Waals surface area contributed by atoms with Gasteiger partial charge < -0.3 is 10.4 Å². The lowest BCUT2D eigenvalue weighted by molar-refractivity contribution is 0.468. The molecule has 0 spiro atoms. The topological polar surface area (TPSA) is 32.3 Å². The molecule has 0 fully saturated rings. The van der Waals surface area contributed by atoms with Gasteiger partial charge in [0.05, 0.1) is 0 Å². The molecule has 2 rings (SSSR count). The largest absolute Gasteiger partial charge is 0.508 e. The van der Waals surface area contributed by atoms with E-state index in [0.717, 1.165) is 11.4 Å². The van der Waals surface area contributed by atoms with Crippen molar-refractivity contribution < 1.29 is 5.11 Å². The van der Waals surface area contributed by atoms with E-state index in [9.17, 15) is 5.11 Å². The first-order valence-corrected chi connectivity index (χ1v) is 7.22.